The summed E-state index contributed by atoms with van der Waals surface area (Å²) in [7, 11) is 1.30. The van der Waals surface area contributed by atoms with Crippen LogP contribution in [0.25, 0.3) is 0 Å². The molecule has 0 aromatic heterocycles. The average molecular weight is 496 g/mol. The monoisotopic (exact) mass is 495 g/mol. The van der Waals surface area contributed by atoms with Crippen molar-refractivity contribution in [3.63, 3.8) is 0 Å². The van der Waals surface area contributed by atoms with E-state index in [1.165, 1.54) is 7.11 Å². The molecule has 7 nitrogen and oxygen atoms in total. The molecule has 2 aliphatic carbocycles. The second-order valence-corrected chi connectivity index (χ2v) is 10.4. The summed E-state index contributed by atoms with van der Waals surface area (Å²) < 4.78 is 17.1. The third-order valence-electron chi connectivity index (χ3n) is 7.38. The van der Waals surface area contributed by atoms with Gasteiger partial charge in [0.15, 0.2) is 5.78 Å². The predicted molar refractivity (Wildman–Crippen MR) is 135 cm³/mol. The van der Waals surface area contributed by atoms with Gasteiger partial charge in [-0.3, -0.25) is 9.59 Å². The van der Waals surface area contributed by atoms with Gasteiger partial charge >= 0.3 is 11.9 Å². The molecule has 0 saturated heterocycles. The number of hydrogen-bond acceptors (Lipinski definition) is 7. The summed E-state index contributed by atoms with van der Waals surface area (Å²) in [4.78, 5) is 40.3. The van der Waals surface area contributed by atoms with E-state index in [1.807, 2.05) is 52.0 Å². The molecule has 194 valence electrons. The second-order valence-electron chi connectivity index (χ2n) is 10.4. The fourth-order valence-electron chi connectivity index (χ4n) is 5.74. The Morgan fingerprint density at radius 2 is 1.78 bits per heavy atom. The van der Waals surface area contributed by atoms with E-state index in [9.17, 15) is 14.4 Å². The summed E-state index contributed by atoms with van der Waals surface area (Å²) in [6, 6.07) is 7.48. The molecule has 3 atom stereocenters. The van der Waals surface area contributed by atoms with Crippen molar-refractivity contribution in [1.29, 1.82) is 0 Å². The fraction of sp³-hybridized carbons (Fsp3) is 0.552. The van der Waals surface area contributed by atoms with Crippen molar-refractivity contribution in [2.24, 2.45) is 11.8 Å². The van der Waals surface area contributed by atoms with Crippen molar-refractivity contribution >= 4 is 17.7 Å². The van der Waals surface area contributed by atoms with Crippen molar-refractivity contribution in [2.45, 2.75) is 84.3 Å². The number of ether oxygens (including phenoxy) is 3. The first-order valence-electron chi connectivity index (χ1n) is 13.0. The van der Waals surface area contributed by atoms with Crippen LogP contribution in [-0.4, -0.2) is 37.0 Å². The SMILES string of the molecule is COC(=O)[C@H]1C(=O)C2=C(C[C@@H]1C)NC(C)=C(C(=O)OC1CCCCC1)[C@H]2c1ccccc1OC(C)C. The standard InChI is InChI=1S/C29H37NO6/c1-16(2)35-22-14-10-9-13-20(22)25-24(29(33)36-19-11-7-6-8-12-19)18(4)30-21-15-17(3)23(28(32)34-5)27(31)26(21)25/h9-10,13-14,16-17,19,23,25,30H,6-8,11-12,15H2,1-5H3/t17-,23+,25+/m0/s1. The lowest BCUT2D eigenvalue weighted by molar-refractivity contribution is -0.151. The highest BCUT2D eigenvalue weighted by atomic mass is 16.5. The van der Waals surface area contributed by atoms with Gasteiger partial charge in [-0.25, -0.2) is 4.79 Å². The maximum absolute atomic E-state index is 13.9. The highest BCUT2D eigenvalue weighted by Crippen LogP contribution is 2.48. The van der Waals surface area contributed by atoms with E-state index in [2.05, 4.69) is 5.32 Å². The van der Waals surface area contributed by atoms with E-state index in [0.717, 1.165) is 37.8 Å². The maximum Gasteiger partial charge on any atom is 0.337 e. The Balaban J connectivity index is 1.83. The Labute approximate surface area is 213 Å². The first-order chi connectivity index (χ1) is 17.2. The third kappa shape index (κ3) is 5.06. The summed E-state index contributed by atoms with van der Waals surface area (Å²) in [5, 5.41) is 3.33. The minimum absolute atomic E-state index is 0.103. The molecule has 1 saturated carbocycles. The first kappa shape index (κ1) is 26.0. The van der Waals surface area contributed by atoms with Crippen LogP contribution in [0, 0.1) is 11.8 Å². The molecule has 1 aliphatic heterocycles. The average Bonchev–Trinajstić information content (AvgIpc) is 2.83. The van der Waals surface area contributed by atoms with Gasteiger partial charge in [0.25, 0.3) is 0 Å². The van der Waals surface area contributed by atoms with Gasteiger partial charge in [-0.2, -0.15) is 0 Å². The number of rotatable bonds is 6. The number of para-hydroxylation sites is 1. The van der Waals surface area contributed by atoms with Crippen LogP contribution in [0.15, 0.2) is 46.8 Å². The Bertz CT molecular complexity index is 1090. The number of dihydropyridines is 1. The van der Waals surface area contributed by atoms with Crippen LogP contribution < -0.4 is 10.1 Å². The van der Waals surface area contributed by atoms with Gasteiger partial charge in [0.2, 0.25) is 0 Å². The number of esters is 2. The maximum atomic E-state index is 13.9. The minimum Gasteiger partial charge on any atom is -0.491 e. The van der Waals surface area contributed by atoms with E-state index in [1.54, 1.807) is 0 Å². The molecule has 0 bridgehead atoms. The molecule has 1 aromatic rings. The van der Waals surface area contributed by atoms with Gasteiger partial charge in [-0.15, -0.1) is 0 Å². The van der Waals surface area contributed by atoms with Crippen LogP contribution in [-0.2, 0) is 23.9 Å². The highest BCUT2D eigenvalue weighted by molar-refractivity contribution is 6.12. The molecule has 7 heteroatoms. The first-order valence-corrected chi connectivity index (χ1v) is 13.0. The van der Waals surface area contributed by atoms with Crippen molar-refractivity contribution in [1.82, 2.24) is 5.32 Å². The summed E-state index contributed by atoms with van der Waals surface area (Å²) in [5.41, 5.74) is 2.93. The summed E-state index contributed by atoms with van der Waals surface area (Å²) in [6.07, 6.45) is 5.17. The molecule has 4 rings (SSSR count). The van der Waals surface area contributed by atoms with Crippen LogP contribution >= 0.6 is 0 Å². The number of Topliss-reactive ketones (excluding diaryl/α,β-unsaturated/α-hetero) is 1. The second kappa shape index (κ2) is 10.9. The van der Waals surface area contributed by atoms with E-state index in [-0.39, 0.29) is 23.9 Å². The zero-order chi connectivity index (χ0) is 26.0. The number of ketones is 1. The predicted octanol–water partition coefficient (Wildman–Crippen LogP) is 4.96. The van der Waals surface area contributed by atoms with Gasteiger partial charge in [0, 0.05) is 22.5 Å². The van der Waals surface area contributed by atoms with Crippen LogP contribution in [0.5, 0.6) is 5.75 Å². The molecule has 0 radical (unpaired) electrons. The number of methoxy groups -OCH3 is 1. The lowest BCUT2D eigenvalue weighted by Crippen LogP contribution is -2.43. The van der Waals surface area contributed by atoms with E-state index in [4.69, 9.17) is 14.2 Å². The molecule has 1 fully saturated rings. The van der Waals surface area contributed by atoms with E-state index >= 15 is 0 Å². The zero-order valence-corrected chi connectivity index (χ0v) is 21.9. The lowest BCUT2D eigenvalue weighted by atomic mass is 9.69. The van der Waals surface area contributed by atoms with Crippen LogP contribution in [0.4, 0.5) is 0 Å². The van der Waals surface area contributed by atoms with Crippen LogP contribution in [0.2, 0.25) is 0 Å². The van der Waals surface area contributed by atoms with Crippen molar-refractivity contribution in [3.8, 4) is 5.75 Å². The number of carbonyl (C=O) groups is 3. The topological polar surface area (TPSA) is 90.9 Å². The number of carbonyl (C=O) groups excluding carboxylic acids is 3. The Kier molecular flexibility index (Phi) is 7.86. The molecule has 0 amide bonds. The van der Waals surface area contributed by atoms with Crippen LogP contribution in [0.1, 0.15) is 77.7 Å². The Hall–Kier alpha value is -3.09. The molecule has 36 heavy (non-hydrogen) atoms. The lowest BCUT2D eigenvalue weighted by Gasteiger charge is -2.39. The molecule has 0 unspecified atom stereocenters. The normalized spacial score (nSPS) is 24.8. The molecular formula is C29H37NO6. The summed E-state index contributed by atoms with van der Waals surface area (Å²) >= 11 is 0. The molecule has 1 heterocycles. The summed E-state index contributed by atoms with van der Waals surface area (Å²) in [5.74, 6) is -2.57. The largest absolute Gasteiger partial charge is 0.491 e. The van der Waals surface area contributed by atoms with Gasteiger partial charge in [0.1, 0.15) is 17.8 Å². The highest BCUT2D eigenvalue weighted by Gasteiger charge is 2.48. The van der Waals surface area contributed by atoms with Crippen molar-refractivity contribution in [3.05, 3.63) is 52.4 Å². The fourth-order valence-corrected chi connectivity index (χ4v) is 5.74. The van der Waals surface area contributed by atoms with Gasteiger partial charge in [0.05, 0.1) is 24.7 Å². The smallest absolute Gasteiger partial charge is 0.337 e. The molecular weight excluding hydrogens is 458 g/mol. The molecule has 1 aromatic carbocycles. The summed E-state index contributed by atoms with van der Waals surface area (Å²) in [6.45, 7) is 7.59. The third-order valence-corrected chi connectivity index (χ3v) is 7.38. The zero-order valence-electron chi connectivity index (χ0n) is 21.9. The number of benzene rings is 1. The quantitative estimate of drug-likeness (QED) is 0.440. The molecule has 1 N–H and O–H groups in total. The minimum atomic E-state index is -0.926. The number of nitrogens with one attached hydrogen (secondary N) is 1. The van der Waals surface area contributed by atoms with E-state index < -0.39 is 23.8 Å². The Morgan fingerprint density at radius 1 is 1.08 bits per heavy atom. The van der Waals surface area contributed by atoms with Crippen molar-refractivity contribution in [2.75, 3.05) is 7.11 Å². The molecule has 0 spiro atoms. The van der Waals surface area contributed by atoms with Crippen molar-refractivity contribution < 1.29 is 28.6 Å². The van der Waals surface area contributed by atoms with Gasteiger partial charge in [-0.1, -0.05) is 31.5 Å². The van der Waals surface area contributed by atoms with Gasteiger partial charge in [-0.05, 0) is 64.9 Å². The number of hydrogen-bond donors (Lipinski definition) is 1. The number of allylic oxidation sites excluding steroid dienone is 3. The van der Waals surface area contributed by atoms with Crippen LogP contribution in [0.3, 0.4) is 0 Å². The molecule has 3 aliphatic rings. The van der Waals surface area contributed by atoms with E-state index in [0.29, 0.717) is 34.6 Å². The Morgan fingerprint density at radius 3 is 2.44 bits per heavy atom. The van der Waals surface area contributed by atoms with Gasteiger partial charge < -0.3 is 19.5 Å².